The third-order valence-corrected chi connectivity index (χ3v) is 5.35. The number of cyclic esters (lactones) is 1. The van der Waals surface area contributed by atoms with Gasteiger partial charge in [-0.2, -0.15) is 0 Å². The highest BCUT2D eigenvalue weighted by Gasteiger charge is 2.30. The van der Waals surface area contributed by atoms with Crippen molar-refractivity contribution in [3.05, 3.63) is 84.6 Å². The molecular formula is C25H28FN3O3. The minimum Gasteiger partial charge on any atom is -0.446 e. The SMILES string of the molecule is CC(c1ccc(-c2ccncn2)cc1)N1CCC(CCCO)OC1=O.Fc1ccccc1. The molecule has 0 radical (unpaired) electrons. The van der Waals surface area contributed by atoms with E-state index in [4.69, 9.17) is 9.84 Å². The minimum absolute atomic E-state index is 0.0502. The van der Waals surface area contributed by atoms with Crippen molar-refractivity contribution in [2.24, 2.45) is 0 Å². The van der Waals surface area contributed by atoms with E-state index in [-0.39, 0.29) is 30.7 Å². The number of benzene rings is 2. The summed E-state index contributed by atoms with van der Waals surface area (Å²) in [5.74, 6) is -0.178. The van der Waals surface area contributed by atoms with E-state index >= 15 is 0 Å². The second-order valence-electron chi connectivity index (χ2n) is 7.54. The van der Waals surface area contributed by atoms with E-state index in [0.29, 0.717) is 13.0 Å². The second-order valence-corrected chi connectivity index (χ2v) is 7.54. The fourth-order valence-electron chi connectivity index (χ4n) is 3.51. The number of carbonyl (C=O) groups is 1. The van der Waals surface area contributed by atoms with Crippen molar-refractivity contribution in [3.8, 4) is 11.3 Å². The van der Waals surface area contributed by atoms with Crippen LogP contribution < -0.4 is 0 Å². The molecule has 168 valence electrons. The highest BCUT2D eigenvalue weighted by molar-refractivity contribution is 5.69. The summed E-state index contributed by atoms with van der Waals surface area (Å²) in [5.41, 5.74) is 2.95. The molecule has 1 N–H and O–H groups in total. The fraction of sp³-hybridized carbons (Fsp3) is 0.320. The van der Waals surface area contributed by atoms with Gasteiger partial charge in [0.15, 0.2) is 0 Å². The van der Waals surface area contributed by atoms with Gasteiger partial charge in [-0.3, -0.25) is 0 Å². The summed E-state index contributed by atoms with van der Waals surface area (Å²) in [6, 6.07) is 17.8. The Morgan fingerprint density at radius 3 is 2.47 bits per heavy atom. The number of aromatic nitrogens is 2. The number of amides is 1. The van der Waals surface area contributed by atoms with Gasteiger partial charge in [-0.05, 0) is 43.5 Å². The second kappa shape index (κ2) is 11.9. The molecule has 6 nitrogen and oxygen atoms in total. The fourth-order valence-corrected chi connectivity index (χ4v) is 3.51. The highest BCUT2D eigenvalue weighted by atomic mass is 19.1. The van der Waals surface area contributed by atoms with Crippen LogP contribution >= 0.6 is 0 Å². The van der Waals surface area contributed by atoms with Crippen LogP contribution in [0.4, 0.5) is 9.18 Å². The summed E-state index contributed by atoms with van der Waals surface area (Å²) < 4.78 is 17.4. The van der Waals surface area contributed by atoms with Crippen molar-refractivity contribution in [3.63, 3.8) is 0 Å². The van der Waals surface area contributed by atoms with Crippen LogP contribution in [0.2, 0.25) is 0 Å². The Kier molecular flexibility index (Phi) is 8.69. The number of nitrogens with zero attached hydrogens (tertiary/aromatic N) is 3. The molecule has 0 saturated carbocycles. The molecule has 1 saturated heterocycles. The van der Waals surface area contributed by atoms with Crippen molar-refractivity contribution < 1.29 is 19.0 Å². The smallest absolute Gasteiger partial charge is 0.410 e. The van der Waals surface area contributed by atoms with E-state index in [9.17, 15) is 9.18 Å². The quantitative estimate of drug-likeness (QED) is 0.586. The molecule has 2 aromatic carbocycles. The zero-order chi connectivity index (χ0) is 22.8. The van der Waals surface area contributed by atoms with Crippen LogP contribution in [-0.2, 0) is 4.74 Å². The summed E-state index contributed by atoms with van der Waals surface area (Å²) >= 11 is 0. The summed E-state index contributed by atoms with van der Waals surface area (Å²) in [5, 5.41) is 8.90. The Bertz CT molecular complexity index is 955. The molecule has 1 aliphatic heterocycles. The molecule has 4 rings (SSSR count). The number of carbonyl (C=O) groups excluding carboxylic acids is 1. The van der Waals surface area contributed by atoms with E-state index in [0.717, 1.165) is 29.7 Å². The molecule has 1 aliphatic rings. The average molecular weight is 438 g/mol. The maximum atomic E-state index is 12.3. The first-order valence-corrected chi connectivity index (χ1v) is 10.7. The summed E-state index contributed by atoms with van der Waals surface area (Å²) in [6.07, 6.45) is 5.08. The number of aliphatic hydroxyl groups excluding tert-OH is 1. The van der Waals surface area contributed by atoms with Crippen LogP contribution in [0.15, 0.2) is 73.2 Å². The third kappa shape index (κ3) is 6.59. The van der Waals surface area contributed by atoms with Gasteiger partial charge in [0.2, 0.25) is 0 Å². The zero-order valence-corrected chi connectivity index (χ0v) is 18.1. The third-order valence-electron chi connectivity index (χ3n) is 5.35. The van der Waals surface area contributed by atoms with Crippen molar-refractivity contribution >= 4 is 6.09 Å². The van der Waals surface area contributed by atoms with Gasteiger partial charge in [-0.15, -0.1) is 0 Å². The molecule has 32 heavy (non-hydrogen) atoms. The monoisotopic (exact) mass is 437 g/mol. The number of rotatable bonds is 6. The topological polar surface area (TPSA) is 75.6 Å². The summed E-state index contributed by atoms with van der Waals surface area (Å²) in [4.78, 5) is 22.2. The Morgan fingerprint density at radius 2 is 1.91 bits per heavy atom. The van der Waals surface area contributed by atoms with E-state index in [1.54, 1.807) is 29.3 Å². The van der Waals surface area contributed by atoms with Gasteiger partial charge in [-0.1, -0.05) is 42.5 Å². The van der Waals surface area contributed by atoms with Crippen molar-refractivity contribution in [2.75, 3.05) is 13.2 Å². The number of ether oxygens (including phenoxy) is 1. The largest absolute Gasteiger partial charge is 0.446 e. The minimum atomic E-state index is -0.276. The van der Waals surface area contributed by atoms with Gasteiger partial charge in [0.1, 0.15) is 18.2 Å². The lowest BCUT2D eigenvalue weighted by molar-refractivity contribution is 0.00760. The Morgan fingerprint density at radius 1 is 1.16 bits per heavy atom. The van der Waals surface area contributed by atoms with Gasteiger partial charge in [0.25, 0.3) is 0 Å². The maximum absolute atomic E-state index is 12.3. The Hall–Kier alpha value is -3.32. The zero-order valence-electron chi connectivity index (χ0n) is 18.1. The average Bonchev–Trinajstić information content (AvgIpc) is 2.84. The normalized spacial score (nSPS) is 16.5. The van der Waals surface area contributed by atoms with Gasteiger partial charge in [0.05, 0.1) is 11.7 Å². The van der Waals surface area contributed by atoms with Crippen LogP contribution in [0.3, 0.4) is 0 Å². The molecule has 2 heterocycles. The van der Waals surface area contributed by atoms with Gasteiger partial charge >= 0.3 is 6.09 Å². The van der Waals surface area contributed by atoms with Crippen molar-refractivity contribution in [2.45, 2.75) is 38.3 Å². The Labute approximate surface area is 187 Å². The summed E-state index contributed by atoms with van der Waals surface area (Å²) in [7, 11) is 0. The highest BCUT2D eigenvalue weighted by Crippen LogP contribution is 2.28. The lowest BCUT2D eigenvalue weighted by atomic mass is 10.0. The molecule has 0 spiro atoms. The molecule has 0 bridgehead atoms. The first-order valence-electron chi connectivity index (χ1n) is 10.7. The van der Waals surface area contributed by atoms with Crippen LogP contribution in [0.25, 0.3) is 11.3 Å². The van der Waals surface area contributed by atoms with E-state index < -0.39 is 0 Å². The van der Waals surface area contributed by atoms with Crippen molar-refractivity contribution in [1.29, 1.82) is 0 Å². The van der Waals surface area contributed by atoms with Crippen LogP contribution in [-0.4, -0.2) is 45.3 Å². The molecule has 1 aromatic heterocycles. The molecule has 2 unspecified atom stereocenters. The van der Waals surface area contributed by atoms with Crippen LogP contribution in [0.1, 0.15) is 37.8 Å². The molecule has 7 heteroatoms. The molecule has 3 aromatic rings. The lowest BCUT2D eigenvalue weighted by Gasteiger charge is -2.35. The molecule has 1 amide bonds. The van der Waals surface area contributed by atoms with Crippen LogP contribution in [0.5, 0.6) is 0 Å². The lowest BCUT2D eigenvalue weighted by Crippen LogP contribution is -2.43. The number of aliphatic hydroxyl groups is 1. The summed E-state index contributed by atoms with van der Waals surface area (Å²) in [6.45, 7) is 2.81. The standard InChI is InChI=1S/C19H23N3O3.C6H5F/c1-14(22-11-9-17(3-2-12-23)25-19(22)24)15-4-6-16(7-5-15)18-8-10-20-13-21-18;7-6-4-2-1-3-5-6/h4-8,10,13-14,17,23H,2-3,9,11-12H2,1H3;1-5H. The van der Waals surface area contributed by atoms with Gasteiger partial charge in [-0.25, -0.2) is 19.2 Å². The molecule has 2 atom stereocenters. The predicted molar refractivity (Wildman–Crippen MR) is 120 cm³/mol. The van der Waals surface area contributed by atoms with Crippen molar-refractivity contribution in [1.82, 2.24) is 14.9 Å². The first kappa shape index (κ1) is 23.3. The molecular weight excluding hydrogens is 409 g/mol. The van der Waals surface area contributed by atoms with E-state index in [1.165, 1.54) is 18.5 Å². The number of halogens is 1. The van der Waals surface area contributed by atoms with Crippen LogP contribution in [0, 0.1) is 5.82 Å². The maximum Gasteiger partial charge on any atom is 0.410 e. The Balaban J connectivity index is 0.000000352. The number of hydrogen-bond donors (Lipinski definition) is 1. The number of hydrogen-bond acceptors (Lipinski definition) is 5. The van der Waals surface area contributed by atoms with Gasteiger partial charge < -0.3 is 14.7 Å². The van der Waals surface area contributed by atoms with Gasteiger partial charge in [0, 0.05) is 31.3 Å². The molecule has 1 fully saturated rings. The molecule has 0 aliphatic carbocycles. The van der Waals surface area contributed by atoms with E-state index in [2.05, 4.69) is 9.97 Å². The van der Waals surface area contributed by atoms with E-state index in [1.807, 2.05) is 37.3 Å². The first-order chi connectivity index (χ1) is 15.6. The predicted octanol–water partition coefficient (Wildman–Crippen LogP) is 5.01.